The molecule has 11 heteroatoms. The number of amides is 3. The Labute approximate surface area is 278 Å². The summed E-state index contributed by atoms with van der Waals surface area (Å²) in [6.45, 7) is 2.40. The molecule has 46 heavy (non-hydrogen) atoms. The Morgan fingerprint density at radius 1 is 1.00 bits per heavy atom. The maximum absolute atomic E-state index is 14.9. The highest BCUT2D eigenvalue weighted by Crippen LogP contribution is 2.59. The first-order valence-corrected chi connectivity index (χ1v) is 17.5. The number of hydrogen-bond donors (Lipinski definition) is 2. The van der Waals surface area contributed by atoms with Crippen molar-refractivity contribution in [3.05, 3.63) is 58.6 Å². The van der Waals surface area contributed by atoms with Gasteiger partial charge in [0.15, 0.2) is 0 Å². The van der Waals surface area contributed by atoms with E-state index in [1.54, 1.807) is 4.90 Å². The van der Waals surface area contributed by atoms with Crippen LogP contribution in [0.25, 0.3) is 0 Å². The van der Waals surface area contributed by atoms with E-state index in [9.17, 15) is 24.3 Å². The lowest BCUT2D eigenvalue weighted by Gasteiger charge is -2.40. The van der Waals surface area contributed by atoms with Crippen molar-refractivity contribution in [2.75, 3.05) is 19.7 Å². The van der Waals surface area contributed by atoms with Crippen molar-refractivity contribution in [1.82, 2.24) is 15.1 Å². The highest BCUT2D eigenvalue weighted by Gasteiger charge is 2.75. The van der Waals surface area contributed by atoms with Crippen LogP contribution >= 0.6 is 15.9 Å². The Bertz CT molecular complexity index is 1380. The number of carbonyl (C=O) groups excluding carboxylic acids is 4. The summed E-state index contributed by atoms with van der Waals surface area (Å²) < 4.78 is 13.5. The Morgan fingerprint density at radius 2 is 1.76 bits per heavy atom. The number of aliphatic hydroxyl groups excluding tert-OH is 1. The van der Waals surface area contributed by atoms with Crippen LogP contribution in [-0.2, 0) is 28.7 Å². The molecule has 7 atom stereocenters. The largest absolute Gasteiger partial charge is 0.455 e. The van der Waals surface area contributed by atoms with E-state index in [-0.39, 0.29) is 43.3 Å². The Hall–Kier alpha value is -3.02. The van der Waals surface area contributed by atoms with E-state index < -0.39 is 47.7 Å². The molecular weight excluding hydrogens is 654 g/mol. The zero-order chi connectivity index (χ0) is 32.4. The van der Waals surface area contributed by atoms with E-state index in [1.807, 2.05) is 60.4 Å². The number of hydrogen-bond acceptors (Lipinski definition) is 7. The highest BCUT2D eigenvalue weighted by atomic mass is 79.9. The van der Waals surface area contributed by atoms with Crippen molar-refractivity contribution in [2.45, 2.75) is 101 Å². The third-order valence-electron chi connectivity index (χ3n) is 10.3. The second kappa shape index (κ2) is 14.0. The number of nitrogens with one attached hydrogen (secondary N) is 1. The van der Waals surface area contributed by atoms with E-state index >= 15 is 0 Å². The first kappa shape index (κ1) is 32.9. The SMILES string of the molecule is C[C@H]1NC(=O)CC/C=C\CN(C2CCCCC2)C(=O)[C@@H]2N(CCCCO)C(=O)[C@H]3[C@H](C(=O)O[C@@H]1c1ccccc1)[C@H]1O[C@@]23C=C1Br. The van der Waals surface area contributed by atoms with Gasteiger partial charge in [-0.3, -0.25) is 19.2 Å². The van der Waals surface area contributed by atoms with Gasteiger partial charge in [-0.2, -0.15) is 0 Å². The summed E-state index contributed by atoms with van der Waals surface area (Å²) in [6, 6.07) is 7.76. The second-order valence-corrected chi connectivity index (χ2v) is 14.1. The molecule has 1 saturated carbocycles. The molecule has 5 bridgehead atoms. The molecule has 10 nitrogen and oxygen atoms in total. The first-order chi connectivity index (χ1) is 22.3. The smallest absolute Gasteiger partial charge is 0.313 e. The van der Waals surface area contributed by atoms with Gasteiger partial charge >= 0.3 is 5.97 Å². The van der Waals surface area contributed by atoms with Gasteiger partial charge in [0.05, 0.1) is 12.0 Å². The summed E-state index contributed by atoms with van der Waals surface area (Å²) in [5.41, 5.74) is -0.623. The van der Waals surface area contributed by atoms with Gasteiger partial charge in [-0.15, -0.1) is 0 Å². The van der Waals surface area contributed by atoms with Crippen molar-refractivity contribution in [2.24, 2.45) is 11.8 Å². The molecule has 0 radical (unpaired) electrons. The molecule has 2 saturated heterocycles. The van der Waals surface area contributed by atoms with E-state index in [4.69, 9.17) is 9.47 Å². The van der Waals surface area contributed by atoms with Crippen LogP contribution in [0.3, 0.4) is 0 Å². The topological polar surface area (TPSA) is 125 Å². The van der Waals surface area contributed by atoms with Crippen molar-refractivity contribution < 1.29 is 33.8 Å². The molecule has 5 aliphatic rings. The fourth-order valence-corrected chi connectivity index (χ4v) is 8.83. The van der Waals surface area contributed by atoms with E-state index in [0.29, 0.717) is 30.3 Å². The number of esters is 1. The fourth-order valence-electron chi connectivity index (χ4n) is 8.10. The standard InChI is InChI=1S/C35H44BrN3O7/c1-22-29(23-13-5-2-6-14-23)45-34(44)27-28-32(42)39(19-11-12-20-40)31(35(28)21-25(36)30(27)46-35)33(43)38(24-15-7-3-8-16-24)18-10-4-9-17-26(41)37-22/h2,4-6,10,13-14,21-22,24,27-31,40H,3,7-9,11-12,15-20H2,1H3,(H,37,41)/b10-4-/t22-,27+,28-,29+,30+,31+,35-/m1/s1. The second-order valence-electron chi connectivity index (χ2n) is 13.2. The minimum atomic E-state index is -1.34. The molecule has 1 aliphatic carbocycles. The van der Waals surface area contributed by atoms with Crippen LogP contribution in [0.4, 0.5) is 0 Å². The van der Waals surface area contributed by atoms with Crippen LogP contribution in [0.1, 0.15) is 76.4 Å². The van der Waals surface area contributed by atoms with Crippen LogP contribution in [0, 0.1) is 11.8 Å². The van der Waals surface area contributed by atoms with Gasteiger partial charge in [-0.05, 0) is 50.7 Å². The molecule has 4 heterocycles. The number of rotatable bonds is 6. The van der Waals surface area contributed by atoms with Gasteiger partial charge in [0.25, 0.3) is 0 Å². The lowest BCUT2D eigenvalue weighted by atomic mass is 9.74. The average Bonchev–Trinajstić information content (AvgIpc) is 3.65. The van der Waals surface area contributed by atoms with Crippen molar-refractivity contribution in [3.63, 3.8) is 0 Å². The van der Waals surface area contributed by atoms with Crippen LogP contribution < -0.4 is 5.32 Å². The number of halogens is 1. The zero-order valence-corrected chi connectivity index (χ0v) is 27.9. The number of unbranched alkanes of at least 4 members (excludes halogenated alkanes) is 1. The molecule has 0 aromatic heterocycles. The summed E-state index contributed by atoms with van der Waals surface area (Å²) in [6.07, 6.45) is 10.8. The van der Waals surface area contributed by atoms with Crippen LogP contribution in [0.15, 0.2) is 53.0 Å². The number of aliphatic hydroxyl groups is 1. The molecule has 1 spiro atoms. The molecule has 1 aromatic carbocycles. The molecule has 2 N–H and O–H groups in total. The number of allylic oxidation sites excluding steroid dienone is 1. The van der Waals surface area contributed by atoms with Crippen molar-refractivity contribution in [1.29, 1.82) is 0 Å². The molecule has 3 fully saturated rings. The van der Waals surface area contributed by atoms with Gasteiger partial charge < -0.3 is 29.7 Å². The molecule has 6 rings (SSSR count). The number of fused-ring (bicyclic) bond motifs is 2. The number of cyclic esters (lactones) is 1. The molecule has 3 amide bonds. The fraction of sp³-hybridized carbons (Fsp3) is 0.600. The quantitative estimate of drug-likeness (QED) is 0.262. The number of carbonyl (C=O) groups is 4. The number of ether oxygens (including phenoxy) is 2. The maximum atomic E-state index is 14.9. The zero-order valence-electron chi connectivity index (χ0n) is 26.3. The minimum absolute atomic E-state index is 0.0143. The van der Waals surface area contributed by atoms with Crippen molar-refractivity contribution >= 4 is 39.6 Å². The molecule has 1 aromatic rings. The van der Waals surface area contributed by atoms with Crippen LogP contribution in [0.2, 0.25) is 0 Å². The van der Waals surface area contributed by atoms with E-state index in [2.05, 4.69) is 21.2 Å². The molecule has 0 unspecified atom stereocenters. The Balaban J connectivity index is 1.43. The molecule has 4 aliphatic heterocycles. The Kier molecular flexibility index (Phi) is 10.0. The predicted octanol–water partition coefficient (Wildman–Crippen LogP) is 3.93. The monoisotopic (exact) mass is 697 g/mol. The van der Waals surface area contributed by atoms with E-state index in [1.165, 1.54) is 0 Å². The predicted molar refractivity (Wildman–Crippen MR) is 173 cm³/mol. The number of benzene rings is 1. The van der Waals surface area contributed by atoms with Gasteiger partial charge in [-0.1, -0.05) is 77.7 Å². The van der Waals surface area contributed by atoms with Crippen molar-refractivity contribution in [3.8, 4) is 0 Å². The lowest BCUT2D eigenvalue weighted by Crippen LogP contribution is -2.58. The number of likely N-dealkylation sites (tertiary alicyclic amines) is 1. The van der Waals surface area contributed by atoms with E-state index in [0.717, 1.165) is 37.7 Å². The maximum Gasteiger partial charge on any atom is 0.313 e. The lowest BCUT2D eigenvalue weighted by molar-refractivity contribution is -0.161. The van der Waals surface area contributed by atoms with Gasteiger partial charge in [-0.25, -0.2) is 0 Å². The normalized spacial score (nSPS) is 34.7. The summed E-state index contributed by atoms with van der Waals surface area (Å²) in [4.78, 5) is 60.1. The van der Waals surface area contributed by atoms with Gasteiger partial charge in [0.1, 0.15) is 29.8 Å². The minimum Gasteiger partial charge on any atom is -0.455 e. The van der Waals surface area contributed by atoms with Crippen LogP contribution in [0.5, 0.6) is 0 Å². The summed E-state index contributed by atoms with van der Waals surface area (Å²) in [5.74, 6) is -3.22. The summed E-state index contributed by atoms with van der Waals surface area (Å²) in [5, 5.41) is 12.5. The summed E-state index contributed by atoms with van der Waals surface area (Å²) in [7, 11) is 0. The molecule has 248 valence electrons. The van der Waals surface area contributed by atoms with Gasteiger partial charge in [0, 0.05) is 36.6 Å². The van der Waals surface area contributed by atoms with Crippen LogP contribution in [-0.4, -0.2) is 88.1 Å². The summed E-state index contributed by atoms with van der Waals surface area (Å²) >= 11 is 3.62. The molecular formula is C35H44BrN3O7. The Morgan fingerprint density at radius 3 is 2.50 bits per heavy atom. The number of nitrogens with zero attached hydrogens (tertiary/aromatic N) is 2. The highest BCUT2D eigenvalue weighted by molar-refractivity contribution is 9.11. The third kappa shape index (κ3) is 6.06. The van der Waals surface area contributed by atoms with Gasteiger partial charge in [0.2, 0.25) is 17.7 Å². The average molecular weight is 699 g/mol. The first-order valence-electron chi connectivity index (χ1n) is 16.7. The third-order valence-corrected chi connectivity index (χ3v) is 10.9.